The molecule has 2 aliphatic rings. The first kappa shape index (κ1) is 12.9. The monoisotopic (exact) mass is 350 g/mol. The van der Waals surface area contributed by atoms with E-state index in [4.69, 9.17) is 5.73 Å². The molecule has 7 nitrogen and oxygen atoms in total. The van der Waals surface area contributed by atoms with Gasteiger partial charge in [0, 0.05) is 32.0 Å². The van der Waals surface area contributed by atoms with Crippen molar-refractivity contribution in [3.63, 3.8) is 0 Å². The summed E-state index contributed by atoms with van der Waals surface area (Å²) in [7, 11) is 0. The van der Waals surface area contributed by atoms with E-state index >= 15 is 0 Å². The molecule has 21 heavy (non-hydrogen) atoms. The van der Waals surface area contributed by atoms with Gasteiger partial charge in [-0.2, -0.15) is 0 Å². The molecule has 2 aromatic rings. The van der Waals surface area contributed by atoms with Gasteiger partial charge in [-0.05, 0) is 28.8 Å². The lowest BCUT2D eigenvalue weighted by Crippen LogP contribution is -2.62. The van der Waals surface area contributed by atoms with Crippen molar-refractivity contribution in [2.24, 2.45) is 5.41 Å². The van der Waals surface area contributed by atoms with Gasteiger partial charge in [-0.15, -0.1) is 0 Å². The van der Waals surface area contributed by atoms with Crippen molar-refractivity contribution in [3.05, 3.63) is 17.0 Å². The average Bonchev–Trinajstić information content (AvgIpc) is 2.84. The van der Waals surface area contributed by atoms with Crippen molar-refractivity contribution in [1.29, 1.82) is 0 Å². The lowest BCUT2D eigenvalue weighted by atomic mass is 9.72. The Hall–Kier alpha value is -1.83. The number of rotatable bonds is 1. The van der Waals surface area contributed by atoms with E-state index in [-0.39, 0.29) is 11.3 Å². The lowest BCUT2D eigenvalue weighted by molar-refractivity contribution is -0.141. The van der Waals surface area contributed by atoms with Crippen LogP contribution in [-0.2, 0) is 4.79 Å². The summed E-state index contributed by atoms with van der Waals surface area (Å²) in [5.74, 6) is 1.50. The molecule has 110 valence electrons. The molecule has 4 rings (SSSR count). The highest BCUT2D eigenvalue weighted by Crippen LogP contribution is 2.38. The van der Waals surface area contributed by atoms with Gasteiger partial charge in [-0.1, -0.05) is 0 Å². The number of β-lactam (4-membered cyclic amide) rings is 1. The Morgan fingerprint density at radius 2 is 2.14 bits per heavy atom. The van der Waals surface area contributed by atoms with Crippen LogP contribution in [0.2, 0.25) is 0 Å². The molecule has 0 bridgehead atoms. The molecule has 2 saturated heterocycles. The summed E-state index contributed by atoms with van der Waals surface area (Å²) in [6.45, 7) is 2.45. The van der Waals surface area contributed by atoms with Gasteiger partial charge in [0.2, 0.25) is 11.9 Å². The van der Waals surface area contributed by atoms with E-state index in [0.717, 1.165) is 43.9 Å². The highest BCUT2D eigenvalue weighted by atomic mass is 79.9. The summed E-state index contributed by atoms with van der Waals surface area (Å²) >= 11 is 3.45. The minimum atomic E-state index is -0.138. The zero-order valence-electron chi connectivity index (χ0n) is 11.3. The number of nitrogens with one attached hydrogen (secondary N) is 1. The number of hydrogen-bond acceptors (Lipinski definition) is 5. The summed E-state index contributed by atoms with van der Waals surface area (Å²) < 4.78 is 2.65. The van der Waals surface area contributed by atoms with E-state index in [1.54, 1.807) is 6.20 Å². The maximum atomic E-state index is 11.7. The van der Waals surface area contributed by atoms with Crippen molar-refractivity contribution < 1.29 is 4.79 Å². The van der Waals surface area contributed by atoms with E-state index in [9.17, 15) is 4.79 Å². The highest BCUT2D eigenvalue weighted by Gasteiger charge is 2.48. The normalized spacial score (nSPS) is 20.6. The maximum Gasteiger partial charge on any atom is 0.228 e. The van der Waals surface area contributed by atoms with E-state index in [0.29, 0.717) is 10.4 Å². The van der Waals surface area contributed by atoms with Gasteiger partial charge < -0.3 is 16.0 Å². The lowest BCUT2D eigenvalue weighted by Gasteiger charge is -2.46. The molecule has 1 amide bonds. The number of imidazole rings is 1. The molecule has 0 unspecified atom stereocenters. The Balaban J connectivity index is 1.66. The summed E-state index contributed by atoms with van der Waals surface area (Å²) in [6.07, 6.45) is 5.27. The Bertz CT molecular complexity index is 734. The Labute approximate surface area is 129 Å². The van der Waals surface area contributed by atoms with E-state index < -0.39 is 0 Å². The molecular weight excluding hydrogens is 336 g/mol. The van der Waals surface area contributed by atoms with Crippen molar-refractivity contribution in [3.8, 4) is 0 Å². The van der Waals surface area contributed by atoms with Gasteiger partial charge >= 0.3 is 0 Å². The number of carbonyl (C=O) groups excluding carboxylic acids is 1. The molecule has 0 aromatic carbocycles. The SMILES string of the molecule is Nc1nccn2c(N3CCC4(CC3)CNC4=O)nc(Br)c12. The number of carbonyl (C=O) groups is 1. The molecule has 3 N–H and O–H groups in total. The first-order valence-corrected chi connectivity index (χ1v) is 7.71. The number of nitrogens with zero attached hydrogens (tertiary/aromatic N) is 4. The number of nitrogens with two attached hydrogens (primary N) is 1. The fourth-order valence-electron chi connectivity index (χ4n) is 3.18. The zero-order chi connectivity index (χ0) is 14.6. The van der Waals surface area contributed by atoms with Gasteiger partial charge in [0.25, 0.3) is 0 Å². The zero-order valence-corrected chi connectivity index (χ0v) is 12.9. The van der Waals surface area contributed by atoms with Crippen molar-refractivity contribution in [1.82, 2.24) is 19.7 Å². The van der Waals surface area contributed by atoms with Crippen LogP contribution in [0.25, 0.3) is 5.52 Å². The molecule has 8 heteroatoms. The third-order valence-corrected chi connectivity index (χ3v) is 5.15. The molecule has 2 aliphatic heterocycles. The van der Waals surface area contributed by atoms with E-state index in [2.05, 4.69) is 36.1 Å². The summed E-state index contributed by atoms with van der Waals surface area (Å²) in [6, 6.07) is 0. The van der Waals surface area contributed by atoms with Gasteiger partial charge in [-0.25, -0.2) is 9.97 Å². The molecule has 0 atom stereocenters. The molecule has 4 heterocycles. The predicted octanol–water partition coefficient (Wildman–Crippen LogP) is 0.790. The second-order valence-electron chi connectivity index (χ2n) is 5.68. The minimum Gasteiger partial charge on any atom is -0.382 e. The van der Waals surface area contributed by atoms with Crippen LogP contribution in [0.4, 0.5) is 11.8 Å². The summed E-state index contributed by atoms with van der Waals surface area (Å²) in [5.41, 5.74) is 6.57. The van der Waals surface area contributed by atoms with E-state index in [1.165, 1.54) is 0 Å². The van der Waals surface area contributed by atoms with Crippen LogP contribution in [0.5, 0.6) is 0 Å². The van der Waals surface area contributed by atoms with Crippen LogP contribution in [-0.4, -0.2) is 39.9 Å². The molecule has 0 radical (unpaired) electrons. The average molecular weight is 351 g/mol. The minimum absolute atomic E-state index is 0.138. The number of halogens is 1. The number of nitrogen functional groups attached to an aromatic ring is 1. The Kier molecular flexibility index (Phi) is 2.66. The number of fused-ring (bicyclic) bond motifs is 1. The molecule has 2 fully saturated rings. The predicted molar refractivity (Wildman–Crippen MR) is 82.0 cm³/mol. The van der Waals surface area contributed by atoms with Crippen molar-refractivity contribution in [2.45, 2.75) is 12.8 Å². The number of aromatic nitrogens is 3. The van der Waals surface area contributed by atoms with Gasteiger partial charge in [-0.3, -0.25) is 9.20 Å². The third-order valence-electron chi connectivity index (χ3n) is 4.59. The van der Waals surface area contributed by atoms with E-state index in [1.807, 2.05) is 10.6 Å². The van der Waals surface area contributed by atoms with Crippen LogP contribution in [0.3, 0.4) is 0 Å². The highest BCUT2D eigenvalue weighted by molar-refractivity contribution is 9.10. The third kappa shape index (κ3) is 1.75. The second kappa shape index (κ2) is 4.33. The van der Waals surface area contributed by atoms with Crippen LogP contribution in [0.1, 0.15) is 12.8 Å². The topological polar surface area (TPSA) is 88.5 Å². The number of anilines is 2. The molecule has 1 spiro atoms. The Morgan fingerprint density at radius 1 is 1.38 bits per heavy atom. The first-order chi connectivity index (χ1) is 10.1. The van der Waals surface area contributed by atoms with Crippen LogP contribution < -0.4 is 16.0 Å². The van der Waals surface area contributed by atoms with Gasteiger partial charge in [0.05, 0.1) is 5.41 Å². The molecule has 0 saturated carbocycles. The second-order valence-corrected chi connectivity index (χ2v) is 6.43. The van der Waals surface area contributed by atoms with Crippen molar-refractivity contribution >= 4 is 39.1 Å². The smallest absolute Gasteiger partial charge is 0.228 e. The number of piperidine rings is 1. The first-order valence-electron chi connectivity index (χ1n) is 6.92. The van der Waals surface area contributed by atoms with Crippen LogP contribution >= 0.6 is 15.9 Å². The van der Waals surface area contributed by atoms with Gasteiger partial charge in [0.1, 0.15) is 10.1 Å². The number of hydrogen-bond donors (Lipinski definition) is 2. The molecule has 0 aliphatic carbocycles. The quantitative estimate of drug-likeness (QED) is 0.742. The Morgan fingerprint density at radius 3 is 2.76 bits per heavy atom. The fourth-order valence-corrected chi connectivity index (χ4v) is 3.73. The largest absolute Gasteiger partial charge is 0.382 e. The van der Waals surface area contributed by atoms with Crippen LogP contribution in [0, 0.1) is 5.41 Å². The fraction of sp³-hybridized carbons (Fsp3) is 0.462. The number of amides is 1. The molecular formula is C13H15BrN6O. The summed E-state index contributed by atoms with van der Waals surface area (Å²) in [5, 5.41) is 2.85. The van der Waals surface area contributed by atoms with Gasteiger partial charge in [0.15, 0.2) is 5.82 Å². The summed E-state index contributed by atoms with van der Waals surface area (Å²) in [4.78, 5) is 22.6. The standard InChI is InChI=1S/C13H15BrN6O/c14-9-8-10(15)16-3-6-20(8)12(18-9)19-4-1-13(2-5-19)7-17-11(13)21/h3,6H,1-2,4-5,7H2,(H2,15,16)(H,17,21). The van der Waals surface area contributed by atoms with Crippen molar-refractivity contribution in [2.75, 3.05) is 30.3 Å². The van der Waals surface area contributed by atoms with Crippen LogP contribution in [0.15, 0.2) is 17.0 Å². The maximum absolute atomic E-state index is 11.7. The molecule has 2 aromatic heterocycles.